The van der Waals surface area contributed by atoms with Crippen molar-refractivity contribution >= 4 is 23.4 Å². The summed E-state index contributed by atoms with van der Waals surface area (Å²) in [5.41, 5.74) is 3.25. The lowest BCUT2D eigenvalue weighted by molar-refractivity contribution is -0.115. The van der Waals surface area contributed by atoms with Crippen molar-refractivity contribution in [2.75, 3.05) is 11.1 Å². The van der Waals surface area contributed by atoms with Crippen molar-refractivity contribution < 1.29 is 9.18 Å². The Kier molecular flexibility index (Phi) is 6.66. The number of amides is 1. The van der Waals surface area contributed by atoms with E-state index < -0.39 is 0 Å². The van der Waals surface area contributed by atoms with Crippen LogP contribution in [0.25, 0.3) is 0 Å². The number of aryl methyl sites for hydroxylation is 2. The van der Waals surface area contributed by atoms with E-state index in [0.717, 1.165) is 29.7 Å². The molecular formula is C19H22FNOS. The van der Waals surface area contributed by atoms with Gasteiger partial charge in [-0.1, -0.05) is 44.2 Å². The van der Waals surface area contributed by atoms with Gasteiger partial charge >= 0.3 is 0 Å². The molecule has 0 aromatic heterocycles. The number of carbonyl (C=O) groups is 1. The number of carbonyl (C=O) groups excluding carboxylic acids is 1. The summed E-state index contributed by atoms with van der Waals surface area (Å²) in [6.45, 7) is 4.16. The second-order valence-electron chi connectivity index (χ2n) is 5.24. The zero-order chi connectivity index (χ0) is 16.7. The first-order valence-electron chi connectivity index (χ1n) is 7.93. The topological polar surface area (TPSA) is 29.1 Å². The second kappa shape index (κ2) is 8.73. The van der Waals surface area contributed by atoms with Crippen LogP contribution >= 0.6 is 11.8 Å². The third-order valence-corrected chi connectivity index (χ3v) is 4.74. The van der Waals surface area contributed by atoms with Gasteiger partial charge in [0.1, 0.15) is 5.82 Å². The molecule has 0 bridgehead atoms. The minimum atomic E-state index is -0.234. The van der Waals surface area contributed by atoms with E-state index in [9.17, 15) is 9.18 Å². The fraction of sp³-hybridized carbons (Fsp3) is 0.316. The van der Waals surface area contributed by atoms with Crippen molar-refractivity contribution in [3.63, 3.8) is 0 Å². The molecule has 1 N–H and O–H groups in total. The molecule has 0 fully saturated rings. The highest BCUT2D eigenvalue weighted by molar-refractivity contribution is 7.99. The van der Waals surface area contributed by atoms with Crippen molar-refractivity contribution in [3.8, 4) is 0 Å². The monoisotopic (exact) mass is 331 g/mol. The second-order valence-corrected chi connectivity index (χ2v) is 6.37. The molecule has 2 nitrogen and oxygen atoms in total. The molecule has 0 heterocycles. The maximum absolute atomic E-state index is 13.5. The van der Waals surface area contributed by atoms with Gasteiger partial charge in [-0.25, -0.2) is 4.39 Å². The molecule has 23 heavy (non-hydrogen) atoms. The number of anilines is 1. The summed E-state index contributed by atoms with van der Waals surface area (Å²) in [4.78, 5) is 12.8. The van der Waals surface area contributed by atoms with Crippen molar-refractivity contribution in [1.82, 2.24) is 0 Å². The van der Waals surface area contributed by atoms with Crippen LogP contribution < -0.4 is 5.32 Å². The van der Waals surface area contributed by atoms with Crippen LogP contribution in [0, 0.1) is 5.82 Å². The van der Waals surface area contributed by atoms with E-state index in [1.165, 1.54) is 17.8 Å². The first kappa shape index (κ1) is 17.5. The Labute approximate surface area is 141 Å². The number of nitrogens with one attached hydrogen (secondary N) is 1. The summed E-state index contributed by atoms with van der Waals surface area (Å²) >= 11 is 1.37. The number of para-hydroxylation sites is 1. The Morgan fingerprint density at radius 3 is 2.30 bits per heavy atom. The van der Waals surface area contributed by atoms with Crippen LogP contribution in [0.1, 0.15) is 31.4 Å². The summed E-state index contributed by atoms with van der Waals surface area (Å²) < 4.78 is 13.5. The molecule has 0 spiro atoms. The molecular weight excluding hydrogens is 309 g/mol. The van der Waals surface area contributed by atoms with E-state index in [1.807, 2.05) is 18.2 Å². The largest absolute Gasteiger partial charge is 0.326 e. The molecule has 0 saturated carbocycles. The zero-order valence-electron chi connectivity index (χ0n) is 13.6. The van der Waals surface area contributed by atoms with Gasteiger partial charge < -0.3 is 5.32 Å². The maximum atomic E-state index is 13.5. The number of halogens is 1. The molecule has 4 heteroatoms. The van der Waals surface area contributed by atoms with E-state index in [1.54, 1.807) is 18.2 Å². The minimum Gasteiger partial charge on any atom is -0.326 e. The van der Waals surface area contributed by atoms with Gasteiger partial charge in [0.15, 0.2) is 0 Å². The normalized spacial score (nSPS) is 10.6. The zero-order valence-corrected chi connectivity index (χ0v) is 14.4. The van der Waals surface area contributed by atoms with Crippen LogP contribution in [0.5, 0.6) is 0 Å². The molecule has 0 aliphatic rings. The average molecular weight is 331 g/mol. The van der Waals surface area contributed by atoms with E-state index in [-0.39, 0.29) is 11.7 Å². The molecule has 2 aromatic carbocycles. The Balaban J connectivity index is 1.94. The SMILES string of the molecule is CCc1cccc(CC)c1NC(=O)CCSc1ccccc1F. The van der Waals surface area contributed by atoms with Crippen LogP contribution in [0.2, 0.25) is 0 Å². The molecule has 2 aromatic rings. The molecule has 122 valence electrons. The summed E-state index contributed by atoms with van der Waals surface area (Å²) in [5.74, 6) is 0.301. The fourth-order valence-corrected chi connectivity index (χ4v) is 3.31. The lowest BCUT2D eigenvalue weighted by atomic mass is 10.0. The van der Waals surface area contributed by atoms with Gasteiger partial charge in [-0.3, -0.25) is 4.79 Å². The number of benzene rings is 2. The van der Waals surface area contributed by atoms with Crippen LogP contribution in [-0.2, 0) is 17.6 Å². The van der Waals surface area contributed by atoms with Gasteiger partial charge in [-0.2, -0.15) is 0 Å². The lowest BCUT2D eigenvalue weighted by Gasteiger charge is -2.14. The number of thioether (sulfide) groups is 1. The molecule has 0 radical (unpaired) electrons. The van der Waals surface area contributed by atoms with Gasteiger partial charge in [0.25, 0.3) is 0 Å². The number of rotatable bonds is 7. The first-order chi connectivity index (χ1) is 11.2. The predicted molar refractivity (Wildman–Crippen MR) is 95.6 cm³/mol. The van der Waals surface area contributed by atoms with Crippen molar-refractivity contribution in [1.29, 1.82) is 0 Å². The van der Waals surface area contributed by atoms with E-state index in [4.69, 9.17) is 0 Å². The molecule has 0 unspecified atom stereocenters. The molecule has 2 rings (SSSR count). The minimum absolute atomic E-state index is 0.0237. The fourth-order valence-electron chi connectivity index (χ4n) is 2.42. The molecule has 0 aliphatic heterocycles. The summed E-state index contributed by atoms with van der Waals surface area (Å²) in [7, 11) is 0. The Bertz CT molecular complexity index is 650. The van der Waals surface area contributed by atoms with E-state index in [2.05, 4.69) is 19.2 Å². The van der Waals surface area contributed by atoms with E-state index in [0.29, 0.717) is 17.1 Å². The van der Waals surface area contributed by atoms with Gasteiger partial charge in [0.05, 0.1) is 0 Å². The number of hydrogen-bond donors (Lipinski definition) is 1. The summed E-state index contributed by atoms with van der Waals surface area (Å²) in [6, 6.07) is 12.8. The van der Waals surface area contributed by atoms with Crippen molar-refractivity contribution in [3.05, 3.63) is 59.4 Å². The van der Waals surface area contributed by atoms with Crippen LogP contribution in [-0.4, -0.2) is 11.7 Å². The quantitative estimate of drug-likeness (QED) is 0.718. The molecule has 0 aliphatic carbocycles. The average Bonchev–Trinajstić information content (AvgIpc) is 2.56. The highest BCUT2D eigenvalue weighted by Crippen LogP contribution is 2.24. The smallest absolute Gasteiger partial charge is 0.225 e. The summed E-state index contributed by atoms with van der Waals surface area (Å²) in [5, 5.41) is 3.04. The highest BCUT2D eigenvalue weighted by Gasteiger charge is 2.10. The Morgan fingerprint density at radius 1 is 1.04 bits per heavy atom. The van der Waals surface area contributed by atoms with Gasteiger partial charge in [-0.15, -0.1) is 11.8 Å². The van der Waals surface area contributed by atoms with Crippen molar-refractivity contribution in [2.24, 2.45) is 0 Å². The lowest BCUT2D eigenvalue weighted by Crippen LogP contribution is -2.15. The molecule has 0 saturated heterocycles. The predicted octanol–water partition coefficient (Wildman–Crippen LogP) is 5.07. The summed E-state index contributed by atoms with van der Waals surface area (Å²) in [6.07, 6.45) is 2.13. The van der Waals surface area contributed by atoms with Gasteiger partial charge in [-0.05, 0) is 36.1 Å². The highest BCUT2D eigenvalue weighted by atomic mass is 32.2. The standard InChI is InChI=1S/C19H22FNOS/c1-3-14-8-7-9-15(4-2)19(14)21-18(22)12-13-23-17-11-6-5-10-16(17)20/h5-11H,3-4,12-13H2,1-2H3,(H,21,22). The molecule has 0 atom stereocenters. The van der Waals surface area contributed by atoms with Crippen LogP contribution in [0.15, 0.2) is 47.4 Å². The van der Waals surface area contributed by atoms with Crippen LogP contribution in [0.3, 0.4) is 0 Å². The van der Waals surface area contributed by atoms with E-state index >= 15 is 0 Å². The van der Waals surface area contributed by atoms with Crippen LogP contribution in [0.4, 0.5) is 10.1 Å². The van der Waals surface area contributed by atoms with Gasteiger partial charge in [0, 0.05) is 22.8 Å². The molecule has 1 amide bonds. The van der Waals surface area contributed by atoms with Gasteiger partial charge in [0.2, 0.25) is 5.91 Å². The Hall–Kier alpha value is -1.81. The number of hydrogen-bond acceptors (Lipinski definition) is 2. The maximum Gasteiger partial charge on any atom is 0.225 e. The third-order valence-electron chi connectivity index (χ3n) is 3.69. The first-order valence-corrected chi connectivity index (χ1v) is 8.92. The van der Waals surface area contributed by atoms with Crippen molar-refractivity contribution in [2.45, 2.75) is 38.0 Å². The Morgan fingerprint density at radius 2 is 1.70 bits per heavy atom. The third kappa shape index (κ3) is 4.83.